The Labute approximate surface area is 118 Å². The Morgan fingerprint density at radius 3 is 2.58 bits per heavy atom. The van der Waals surface area contributed by atoms with E-state index in [9.17, 15) is 0 Å². The van der Waals surface area contributed by atoms with Gasteiger partial charge < -0.3 is 10.2 Å². The lowest BCUT2D eigenvalue weighted by molar-refractivity contribution is 0.243. The van der Waals surface area contributed by atoms with Gasteiger partial charge in [0.2, 0.25) is 0 Å². The van der Waals surface area contributed by atoms with E-state index in [1.165, 1.54) is 37.2 Å². The number of hydrogen-bond acceptors (Lipinski definition) is 2. The van der Waals surface area contributed by atoms with Crippen LogP contribution >= 0.6 is 0 Å². The minimum absolute atomic E-state index is 0.629. The predicted octanol–water partition coefficient (Wildman–Crippen LogP) is 2.82. The summed E-state index contributed by atoms with van der Waals surface area (Å²) in [6.45, 7) is 12.7. The van der Waals surface area contributed by atoms with Gasteiger partial charge >= 0.3 is 0 Å². The lowest BCUT2D eigenvalue weighted by atomic mass is 9.93. The van der Waals surface area contributed by atoms with Crippen molar-refractivity contribution < 1.29 is 0 Å². The molecule has 1 fully saturated rings. The largest absolute Gasteiger partial charge is 0.314 e. The number of nitrogens with zero attached hydrogens (tertiary/aromatic N) is 1. The summed E-state index contributed by atoms with van der Waals surface area (Å²) in [7, 11) is 0. The molecule has 0 atom stereocenters. The average molecular weight is 260 g/mol. The molecule has 0 aliphatic carbocycles. The molecule has 0 radical (unpaired) electrons. The molecule has 1 aliphatic rings. The summed E-state index contributed by atoms with van der Waals surface area (Å²) < 4.78 is 0. The fourth-order valence-corrected chi connectivity index (χ4v) is 2.87. The summed E-state index contributed by atoms with van der Waals surface area (Å²) in [5, 5.41) is 3.42. The topological polar surface area (TPSA) is 15.3 Å². The standard InChI is InChI=1S/C17H28N2/c1-4-15-5-6-17(14(2)3)16(13-15)7-10-19-11-8-18-9-12-19/h5-6,13-14,18H,4,7-12H2,1-3H3. The third-order valence-corrected chi connectivity index (χ3v) is 4.14. The lowest BCUT2D eigenvalue weighted by Crippen LogP contribution is -2.44. The average Bonchev–Trinajstić information content (AvgIpc) is 2.45. The van der Waals surface area contributed by atoms with Crippen LogP contribution in [-0.2, 0) is 12.8 Å². The number of benzene rings is 1. The number of nitrogens with one attached hydrogen (secondary N) is 1. The maximum absolute atomic E-state index is 3.42. The van der Waals surface area contributed by atoms with Gasteiger partial charge in [-0.1, -0.05) is 39.0 Å². The molecule has 1 aromatic carbocycles. The van der Waals surface area contributed by atoms with Crippen LogP contribution in [0.3, 0.4) is 0 Å². The monoisotopic (exact) mass is 260 g/mol. The molecule has 0 saturated carbocycles. The van der Waals surface area contributed by atoms with Crippen LogP contribution in [0.4, 0.5) is 0 Å². The molecule has 19 heavy (non-hydrogen) atoms. The summed E-state index contributed by atoms with van der Waals surface area (Å²) >= 11 is 0. The summed E-state index contributed by atoms with van der Waals surface area (Å²) in [5.41, 5.74) is 4.57. The van der Waals surface area contributed by atoms with Crippen LogP contribution in [0.25, 0.3) is 0 Å². The first-order valence-electron chi connectivity index (χ1n) is 7.75. The molecule has 1 aromatic rings. The van der Waals surface area contributed by atoms with Gasteiger partial charge in [0, 0.05) is 32.7 Å². The zero-order chi connectivity index (χ0) is 13.7. The van der Waals surface area contributed by atoms with Crippen LogP contribution in [0.5, 0.6) is 0 Å². The number of aryl methyl sites for hydroxylation is 1. The molecule has 2 nitrogen and oxygen atoms in total. The second-order valence-corrected chi connectivity index (χ2v) is 5.88. The zero-order valence-corrected chi connectivity index (χ0v) is 12.7. The Bertz CT molecular complexity index is 392. The molecule has 106 valence electrons. The molecule has 1 heterocycles. The van der Waals surface area contributed by atoms with Crippen molar-refractivity contribution in [3.63, 3.8) is 0 Å². The highest BCUT2D eigenvalue weighted by molar-refractivity contribution is 5.34. The minimum Gasteiger partial charge on any atom is -0.314 e. The van der Waals surface area contributed by atoms with Crippen LogP contribution in [0.15, 0.2) is 18.2 Å². The Morgan fingerprint density at radius 2 is 1.95 bits per heavy atom. The van der Waals surface area contributed by atoms with Gasteiger partial charge in [0.1, 0.15) is 0 Å². The van der Waals surface area contributed by atoms with Crippen molar-refractivity contribution in [2.24, 2.45) is 0 Å². The van der Waals surface area contributed by atoms with Crippen molar-refractivity contribution in [3.8, 4) is 0 Å². The van der Waals surface area contributed by atoms with Gasteiger partial charge in [0.05, 0.1) is 0 Å². The lowest BCUT2D eigenvalue weighted by Gasteiger charge is -2.27. The highest BCUT2D eigenvalue weighted by Gasteiger charge is 2.12. The van der Waals surface area contributed by atoms with Gasteiger partial charge in [-0.05, 0) is 35.4 Å². The van der Waals surface area contributed by atoms with E-state index < -0.39 is 0 Å². The van der Waals surface area contributed by atoms with E-state index in [4.69, 9.17) is 0 Å². The molecule has 0 bridgehead atoms. The second kappa shape index (κ2) is 7.06. The predicted molar refractivity (Wildman–Crippen MR) is 82.9 cm³/mol. The van der Waals surface area contributed by atoms with Gasteiger partial charge in [-0.3, -0.25) is 0 Å². The molecule has 2 rings (SSSR count). The summed E-state index contributed by atoms with van der Waals surface area (Å²) in [4.78, 5) is 2.58. The van der Waals surface area contributed by atoms with E-state index >= 15 is 0 Å². The smallest absolute Gasteiger partial charge is 0.0108 e. The number of piperazine rings is 1. The second-order valence-electron chi connectivity index (χ2n) is 5.88. The third kappa shape index (κ3) is 4.05. The Morgan fingerprint density at radius 1 is 1.21 bits per heavy atom. The highest BCUT2D eigenvalue weighted by atomic mass is 15.2. The molecule has 1 aliphatic heterocycles. The van der Waals surface area contributed by atoms with E-state index in [0.29, 0.717) is 5.92 Å². The van der Waals surface area contributed by atoms with Gasteiger partial charge in [-0.25, -0.2) is 0 Å². The molecule has 2 heteroatoms. The van der Waals surface area contributed by atoms with Crippen LogP contribution in [0.1, 0.15) is 43.4 Å². The fourth-order valence-electron chi connectivity index (χ4n) is 2.87. The molecule has 1 saturated heterocycles. The first-order valence-corrected chi connectivity index (χ1v) is 7.75. The third-order valence-electron chi connectivity index (χ3n) is 4.14. The Hall–Kier alpha value is -0.860. The minimum atomic E-state index is 0.629. The molecular weight excluding hydrogens is 232 g/mol. The van der Waals surface area contributed by atoms with E-state index in [2.05, 4.69) is 49.2 Å². The number of hydrogen-bond donors (Lipinski definition) is 1. The number of rotatable bonds is 5. The normalized spacial score (nSPS) is 17.1. The van der Waals surface area contributed by atoms with E-state index in [-0.39, 0.29) is 0 Å². The molecule has 0 amide bonds. The Kier molecular flexibility index (Phi) is 5.41. The van der Waals surface area contributed by atoms with Gasteiger partial charge in [-0.15, -0.1) is 0 Å². The summed E-state index contributed by atoms with van der Waals surface area (Å²) in [6.07, 6.45) is 2.33. The summed E-state index contributed by atoms with van der Waals surface area (Å²) in [6, 6.07) is 7.07. The molecule has 0 aromatic heterocycles. The van der Waals surface area contributed by atoms with Crippen LogP contribution in [0.2, 0.25) is 0 Å². The van der Waals surface area contributed by atoms with Crippen LogP contribution in [-0.4, -0.2) is 37.6 Å². The van der Waals surface area contributed by atoms with Crippen molar-refractivity contribution in [1.82, 2.24) is 10.2 Å². The fraction of sp³-hybridized carbons (Fsp3) is 0.647. The van der Waals surface area contributed by atoms with Crippen molar-refractivity contribution in [1.29, 1.82) is 0 Å². The van der Waals surface area contributed by atoms with Crippen LogP contribution < -0.4 is 5.32 Å². The maximum atomic E-state index is 3.42. The van der Waals surface area contributed by atoms with Crippen molar-refractivity contribution in [3.05, 3.63) is 34.9 Å². The van der Waals surface area contributed by atoms with Crippen molar-refractivity contribution in [2.45, 2.75) is 39.5 Å². The highest BCUT2D eigenvalue weighted by Crippen LogP contribution is 2.22. The molecule has 0 unspecified atom stereocenters. The van der Waals surface area contributed by atoms with Crippen molar-refractivity contribution in [2.75, 3.05) is 32.7 Å². The molecule has 0 spiro atoms. The van der Waals surface area contributed by atoms with E-state index in [0.717, 1.165) is 19.5 Å². The molecule has 1 N–H and O–H groups in total. The van der Waals surface area contributed by atoms with Crippen molar-refractivity contribution >= 4 is 0 Å². The first kappa shape index (κ1) is 14.5. The summed E-state index contributed by atoms with van der Waals surface area (Å²) in [5.74, 6) is 0.629. The van der Waals surface area contributed by atoms with E-state index in [1.807, 2.05) is 0 Å². The SMILES string of the molecule is CCc1ccc(C(C)C)c(CCN2CCNCC2)c1. The maximum Gasteiger partial charge on any atom is 0.0108 e. The Balaban J connectivity index is 2.03. The zero-order valence-electron chi connectivity index (χ0n) is 12.7. The van der Waals surface area contributed by atoms with Crippen LogP contribution in [0, 0.1) is 0 Å². The van der Waals surface area contributed by atoms with Gasteiger partial charge in [0.15, 0.2) is 0 Å². The van der Waals surface area contributed by atoms with Gasteiger partial charge in [0.25, 0.3) is 0 Å². The van der Waals surface area contributed by atoms with E-state index in [1.54, 1.807) is 5.56 Å². The van der Waals surface area contributed by atoms with Gasteiger partial charge in [-0.2, -0.15) is 0 Å². The molecular formula is C17H28N2. The quantitative estimate of drug-likeness (QED) is 0.876. The first-order chi connectivity index (χ1) is 9.20.